The lowest BCUT2D eigenvalue weighted by molar-refractivity contribution is 0.402. The molecule has 0 aliphatic rings. The molecule has 0 atom stereocenters. The molecule has 2 aromatic heterocycles. The molecule has 2 heterocycles. The fourth-order valence-electron chi connectivity index (χ4n) is 1.85. The van der Waals surface area contributed by atoms with Gasteiger partial charge in [-0.3, -0.25) is 9.36 Å². The van der Waals surface area contributed by atoms with Crippen LogP contribution in [-0.4, -0.2) is 25.5 Å². The molecule has 0 N–H and O–H groups in total. The summed E-state index contributed by atoms with van der Waals surface area (Å²) in [4.78, 5) is 16.5. The maximum atomic E-state index is 12.3. The number of hydrogen-bond donors (Lipinski definition) is 0. The van der Waals surface area contributed by atoms with Crippen molar-refractivity contribution in [2.45, 2.75) is 18.7 Å². The highest BCUT2D eigenvalue weighted by Gasteiger charge is 2.09. The van der Waals surface area contributed by atoms with Gasteiger partial charge in [-0.1, -0.05) is 30.8 Å². The zero-order valence-electron chi connectivity index (χ0n) is 10.8. The van der Waals surface area contributed by atoms with Crippen molar-refractivity contribution in [1.29, 1.82) is 0 Å². The SMILES string of the molecule is CCSc1nnc(Cn2cnc3ccccc3c2=O)o1. The van der Waals surface area contributed by atoms with Crippen molar-refractivity contribution < 1.29 is 4.42 Å². The topological polar surface area (TPSA) is 73.8 Å². The third-order valence-electron chi connectivity index (χ3n) is 2.75. The Morgan fingerprint density at radius 1 is 1.30 bits per heavy atom. The monoisotopic (exact) mass is 288 g/mol. The molecule has 0 unspecified atom stereocenters. The van der Waals surface area contributed by atoms with Crippen LogP contribution in [0.5, 0.6) is 0 Å². The summed E-state index contributed by atoms with van der Waals surface area (Å²) in [5, 5.41) is 8.93. The van der Waals surface area contributed by atoms with Crippen LogP contribution in [0, 0.1) is 0 Å². The van der Waals surface area contributed by atoms with E-state index >= 15 is 0 Å². The molecule has 0 fully saturated rings. The molecule has 0 bridgehead atoms. The van der Waals surface area contributed by atoms with Gasteiger partial charge in [-0.05, 0) is 17.9 Å². The Morgan fingerprint density at radius 3 is 3.00 bits per heavy atom. The minimum atomic E-state index is -0.113. The zero-order valence-corrected chi connectivity index (χ0v) is 11.6. The Labute approximate surface area is 118 Å². The van der Waals surface area contributed by atoms with Crippen LogP contribution in [0.3, 0.4) is 0 Å². The van der Waals surface area contributed by atoms with E-state index in [2.05, 4.69) is 15.2 Å². The fourth-order valence-corrected chi connectivity index (χ4v) is 2.35. The van der Waals surface area contributed by atoms with Gasteiger partial charge in [0.25, 0.3) is 10.8 Å². The van der Waals surface area contributed by atoms with E-state index in [1.165, 1.54) is 22.7 Å². The normalized spacial score (nSPS) is 11.1. The number of aromatic nitrogens is 4. The Kier molecular flexibility index (Phi) is 3.51. The van der Waals surface area contributed by atoms with Crippen LogP contribution in [0.1, 0.15) is 12.8 Å². The summed E-state index contributed by atoms with van der Waals surface area (Å²) < 4.78 is 6.92. The second-order valence-corrected chi connectivity index (χ2v) is 5.30. The molecule has 0 saturated carbocycles. The summed E-state index contributed by atoms with van der Waals surface area (Å²) in [5.41, 5.74) is 0.569. The van der Waals surface area contributed by atoms with E-state index in [0.29, 0.717) is 22.0 Å². The molecule has 102 valence electrons. The minimum Gasteiger partial charge on any atom is -0.414 e. The lowest BCUT2D eigenvalue weighted by Crippen LogP contribution is -2.21. The molecule has 1 aromatic carbocycles. The molecule has 0 aliphatic carbocycles. The van der Waals surface area contributed by atoms with Crippen LogP contribution >= 0.6 is 11.8 Å². The highest BCUT2D eigenvalue weighted by atomic mass is 32.2. The maximum Gasteiger partial charge on any atom is 0.276 e. The van der Waals surface area contributed by atoms with E-state index in [1.807, 2.05) is 25.1 Å². The average molecular weight is 288 g/mol. The van der Waals surface area contributed by atoms with Crippen LogP contribution in [-0.2, 0) is 6.54 Å². The van der Waals surface area contributed by atoms with Crippen molar-refractivity contribution in [2.24, 2.45) is 0 Å². The van der Waals surface area contributed by atoms with Crippen molar-refractivity contribution in [3.8, 4) is 0 Å². The lowest BCUT2D eigenvalue weighted by atomic mass is 10.2. The number of para-hydroxylation sites is 1. The molecule has 0 saturated heterocycles. The number of benzene rings is 1. The predicted molar refractivity (Wildman–Crippen MR) is 75.8 cm³/mol. The second-order valence-electron chi connectivity index (χ2n) is 4.09. The van der Waals surface area contributed by atoms with Gasteiger partial charge in [-0.2, -0.15) is 0 Å². The van der Waals surface area contributed by atoms with E-state index in [-0.39, 0.29) is 12.1 Å². The van der Waals surface area contributed by atoms with Crippen LogP contribution in [0.25, 0.3) is 10.9 Å². The van der Waals surface area contributed by atoms with E-state index in [0.717, 1.165) is 5.75 Å². The molecule has 0 aliphatic heterocycles. The zero-order chi connectivity index (χ0) is 13.9. The van der Waals surface area contributed by atoms with E-state index in [1.54, 1.807) is 6.07 Å². The fraction of sp³-hybridized carbons (Fsp3) is 0.231. The summed E-state index contributed by atoms with van der Waals surface area (Å²) in [6.45, 7) is 2.24. The molecule has 7 heteroatoms. The lowest BCUT2D eigenvalue weighted by Gasteiger charge is -2.03. The van der Waals surface area contributed by atoms with Crippen molar-refractivity contribution in [3.63, 3.8) is 0 Å². The average Bonchev–Trinajstić information content (AvgIpc) is 2.90. The summed E-state index contributed by atoms with van der Waals surface area (Å²) in [6.07, 6.45) is 1.50. The van der Waals surface area contributed by atoms with Gasteiger partial charge in [0.1, 0.15) is 6.54 Å². The molecule has 20 heavy (non-hydrogen) atoms. The third-order valence-corrected chi connectivity index (χ3v) is 3.45. The molecule has 6 nitrogen and oxygen atoms in total. The Hall–Kier alpha value is -2.15. The molecular weight excluding hydrogens is 276 g/mol. The number of hydrogen-bond acceptors (Lipinski definition) is 6. The highest BCUT2D eigenvalue weighted by molar-refractivity contribution is 7.99. The first-order chi connectivity index (χ1) is 9.78. The summed E-state index contributed by atoms with van der Waals surface area (Å²) in [7, 11) is 0. The first-order valence-corrected chi connectivity index (χ1v) is 7.16. The van der Waals surface area contributed by atoms with Crippen LogP contribution in [0.15, 0.2) is 45.0 Å². The van der Waals surface area contributed by atoms with Gasteiger partial charge in [0.05, 0.1) is 17.2 Å². The Bertz CT molecular complexity index is 796. The van der Waals surface area contributed by atoms with Gasteiger partial charge in [0.15, 0.2) is 0 Å². The van der Waals surface area contributed by atoms with E-state index in [9.17, 15) is 4.79 Å². The summed E-state index contributed by atoms with van der Waals surface area (Å²) in [6, 6.07) is 7.24. The predicted octanol–water partition coefficient (Wildman–Crippen LogP) is 1.94. The van der Waals surface area contributed by atoms with Gasteiger partial charge >= 0.3 is 0 Å². The largest absolute Gasteiger partial charge is 0.414 e. The highest BCUT2D eigenvalue weighted by Crippen LogP contribution is 2.15. The first-order valence-electron chi connectivity index (χ1n) is 6.17. The van der Waals surface area contributed by atoms with Crippen molar-refractivity contribution in [3.05, 3.63) is 46.8 Å². The van der Waals surface area contributed by atoms with Crippen LogP contribution in [0.4, 0.5) is 0 Å². The van der Waals surface area contributed by atoms with E-state index in [4.69, 9.17) is 4.42 Å². The minimum absolute atomic E-state index is 0.113. The van der Waals surface area contributed by atoms with Gasteiger partial charge < -0.3 is 4.42 Å². The van der Waals surface area contributed by atoms with Crippen LogP contribution in [0.2, 0.25) is 0 Å². The molecule has 3 rings (SSSR count). The standard InChI is InChI=1S/C13H12N4O2S/c1-2-20-13-16-15-11(19-13)7-17-8-14-10-6-4-3-5-9(10)12(17)18/h3-6,8H,2,7H2,1H3. The Balaban J connectivity index is 1.94. The van der Waals surface area contributed by atoms with Gasteiger partial charge in [0, 0.05) is 0 Å². The third kappa shape index (κ3) is 2.44. The maximum absolute atomic E-state index is 12.3. The van der Waals surface area contributed by atoms with Gasteiger partial charge in [-0.15, -0.1) is 10.2 Å². The molecular formula is C13H12N4O2S. The van der Waals surface area contributed by atoms with Crippen LogP contribution < -0.4 is 5.56 Å². The summed E-state index contributed by atoms with van der Waals surface area (Å²) in [5.74, 6) is 1.26. The molecule has 0 radical (unpaired) electrons. The number of nitrogens with zero attached hydrogens (tertiary/aromatic N) is 4. The molecule has 0 spiro atoms. The smallest absolute Gasteiger partial charge is 0.276 e. The number of rotatable bonds is 4. The Morgan fingerprint density at radius 2 is 2.15 bits per heavy atom. The summed E-state index contributed by atoms with van der Waals surface area (Å²) >= 11 is 1.47. The van der Waals surface area contributed by atoms with Crippen molar-refractivity contribution in [2.75, 3.05) is 5.75 Å². The van der Waals surface area contributed by atoms with Gasteiger partial charge in [-0.25, -0.2) is 4.98 Å². The molecule has 0 amide bonds. The van der Waals surface area contributed by atoms with Crippen molar-refractivity contribution >= 4 is 22.7 Å². The molecule has 3 aromatic rings. The number of fused-ring (bicyclic) bond motifs is 1. The first kappa shape index (κ1) is 12.9. The quantitative estimate of drug-likeness (QED) is 0.683. The van der Waals surface area contributed by atoms with Gasteiger partial charge in [0.2, 0.25) is 5.89 Å². The van der Waals surface area contributed by atoms with Crippen molar-refractivity contribution in [1.82, 2.24) is 19.7 Å². The van der Waals surface area contributed by atoms with E-state index < -0.39 is 0 Å². The number of thioether (sulfide) groups is 1. The second kappa shape index (κ2) is 5.46.